The van der Waals surface area contributed by atoms with Gasteiger partial charge in [0.05, 0.1) is 0 Å². The van der Waals surface area contributed by atoms with Crippen molar-refractivity contribution in [3.8, 4) is 0 Å². The predicted octanol–water partition coefficient (Wildman–Crippen LogP) is 9.10. The number of carboxylic acids is 2. The summed E-state index contributed by atoms with van der Waals surface area (Å²) in [5.74, 6) is -6.01. The smallest absolute Gasteiger partial charge is 0.542 e. The molecule has 0 aliphatic carbocycles. The maximum Gasteiger partial charge on any atom is 2.00 e. The molecule has 0 spiro atoms. The molecule has 0 aliphatic heterocycles. The molecule has 0 bridgehead atoms. The Morgan fingerprint density at radius 1 is 0.282 bits per heavy atom. The van der Waals surface area contributed by atoms with E-state index in [0.29, 0.717) is 0 Å². The third kappa shape index (κ3) is 19.9. The maximum atomic E-state index is 10.5. The van der Waals surface area contributed by atoms with Gasteiger partial charge in [0.2, 0.25) is 0 Å². The van der Waals surface area contributed by atoms with E-state index in [1.807, 2.05) is 0 Å². The van der Waals surface area contributed by atoms with E-state index in [2.05, 4.69) is 243 Å². The Labute approximate surface area is 426 Å². The second kappa shape index (κ2) is 30.4. The Morgan fingerprint density at radius 2 is 0.380 bits per heavy atom. The third-order valence-corrected chi connectivity index (χ3v) is 20.9. The van der Waals surface area contributed by atoms with Crippen LogP contribution in [0.3, 0.4) is 0 Å². The van der Waals surface area contributed by atoms with Crippen LogP contribution in [0.25, 0.3) is 0 Å². The fourth-order valence-electron chi connectivity index (χ4n) is 6.89. The van der Waals surface area contributed by atoms with Crippen molar-refractivity contribution in [1.82, 2.24) is 0 Å². The fourth-order valence-corrected chi connectivity index (χ4v) is 17.6. The maximum absolute atomic E-state index is 10.5. The van der Waals surface area contributed by atoms with Gasteiger partial charge < -0.3 is 19.8 Å². The molecule has 15 heteroatoms. The van der Waals surface area contributed by atoms with Crippen molar-refractivity contribution in [2.45, 2.75) is 12.4 Å². The fraction of sp³-hybridized carbons (Fsp3) is 0.107. The van der Waals surface area contributed by atoms with Crippen LogP contribution in [0.4, 0.5) is 26.3 Å². The first-order valence-corrected chi connectivity index (χ1v) is 27.9. The van der Waals surface area contributed by atoms with Crippen molar-refractivity contribution in [3.63, 3.8) is 0 Å². The van der Waals surface area contributed by atoms with E-state index in [-0.39, 0.29) is 48.8 Å². The molecule has 0 heterocycles. The first-order valence-electron chi connectivity index (χ1n) is 21.8. The summed E-state index contributed by atoms with van der Waals surface area (Å²) >= 11 is 0. The summed E-state index contributed by atoms with van der Waals surface area (Å²) in [5, 5.41) is 29.3. The van der Waals surface area contributed by atoms with Crippen LogP contribution in [0.2, 0.25) is 0 Å². The number of hydrogen-bond acceptors (Lipinski definition) is 4. The summed E-state index contributed by atoms with van der Waals surface area (Å²) in [7, 11) is -1.39. The summed E-state index contributed by atoms with van der Waals surface area (Å²) in [4.78, 5) is 17.6. The number of carbonyl (C=O) groups is 2. The van der Waals surface area contributed by atoms with Crippen molar-refractivity contribution in [2.24, 2.45) is 0 Å². The van der Waals surface area contributed by atoms with Crippen molar-refractivity contribution in [1.29, 1.82) is 0 Å². The van der Waals surface area contributed by atoms with Crippen molar-refractivity contribution in [2.75, 3.05) is 24.6 Å². The quantitative estimate of drug-likeness (QED) is 0.0619. The molecule has 0 aromatic heterocycles. The van der Waals surface area contributed by atoms with Crippen LogP contribution in [-0.2, 0) is 26.7 Å². The summed E-state index contributed by atoms with van der Waals surface area (Å²) in [6.07, 6.45) is -5.56. The summed E-state index contributed by atoms with van der Waals surface area (Å²) in [6, 6.07) is 88.4. The van der Waals surface area contributed by atoms with E-state index in [9.17, 15) is 26.3 Å². The monoisotopic (exact) mass is 1090 g/mol. The molecule has 1 radical (unpaired) electrons. The molecule has 0 amide bonds. The molecule has 4 nitrogen and oxygen atoms in total. The number of benzene rings is 8. The van der Waals surface area contributed by atoms with E-state index < -0.39 is 24.3 Å². The van der Waals surface area contributed by atoms with Gasteiger partial charge in [-0.1, -0.05) is 243 Å². The summed E-state index contributed by atoms with van der Waals surface area (Å²) < 4.78 is 63.1. The molecule has 8 aromatic carbocycles. The van der Waals surface area contributed by atoms with Gasteiger partial charge in [0.1, 0.15) is 11.9 Å². The van der Waals surface area contributed by atoms with Gasteiger partial charge in [0, 0.05) is 0 Å². The average Bonchev–Trinajstić information content (AvgIpc) is 3.39. The summed E-state index contributed by atoms with van der Waals surface area (Å²) in [6.45, 7) is 0. The number of rotatable bonds is 14. The molecule has 0 fully saturated rings. The van der Waals surface area contributed by atoms with E-state index in [1.165, 1.54) is 67.1 Å². The molecule has 0 atom stereocenters. The Hall–Kier alpha value is -5.48. The Balaban J connectivity index is 0.000000241. The molecule has 71 heavy (non-hydrogen) atoms. The van der Waals surface area contributed by atoms with Crippen LogP contribution in [0.15, 0.2) is 243 Å². The van der Waals surface area contributed by atoms with Crippen molar-refractivity contribution in [3.05, 3.63) is 243 Å². The minimum Gasteiger partial charge on any atom is -0.542 e. The number of hydrogen-bond donors (Lipinski definition) is 0. The van der Waals surface area contributed by atoms with Crippen LogP contribution in [-0.4, -0.2) is 48.9 Å². The Morgan fingerprint density at radius 3 is 0.465 bits per heavy atom. The molecule has 0 N–H and O–H groups in total. The van der Waals surface area contributed by atoms with E-state index in [1.54, 1.807) is 0 Å². The van der Waals surface area contributed by atoms with Crippen LogP contribution in [0.1, 0.15) is 0 Å². The molecule has 0 aliphatic rings. The van der Waals surface area contributed by atoms with E-state index in [4.69, 9.17) is 19.8 Å². The zero-order valence-electron chi connectivity index (χ0n) is 37.9. The average molecular weight is 1090 g/mol. The van der Waals surface area contributed by atoms with Crippen LogP contribution in [0.5, 0.6) is 0 Å². The number of halogens is 6. The van der Waals surface area contributed by atoms with Crippen molar-refractivity contribution < 1.29 is 63.2 Å². The second-order valence-electron chi connectivity index (χ2n) is 14.9. The van der Waals surface area contributed by atoms with Gasteiger partial charge in [-0.25, -0.2) is 0 Å². The topological polar surface area (TPSA) is 80.3 Å². The number of aliphatic carboxylic acids is 2. The van der Waals surface area contributed by atoms with Gasteiger partial charge in [0.15, 0.2) is 0 Å². The number of alkyl halides is 6. The molecule has 369 valence electrons. The molecule has 8 aromatic rings. The van der Waals surface area contributed by atoms with Gasteiger partial charge in [-0.3, -0.25) is 0 Å². The van der Waals surface area contributed by atoms with Crippen molar-refractivity contribution >= 4 is 86.1 Å². The van der Waals surface area contributed by atoms with E-state index in [0.717, 1.165) is 0 Å². The first-order chi connectivity index (χ1) is 33.7. The minimum atomic E-state index is -5.19. The number of carboxylic acid groups (broad SMARTS) is 2. The van der Waals surface area contributed by atoms with Crippen LogP contribution in [0, 0.1) is 0 Å². The largest absolute Gasteiger partial charge is 2.00 e. The molecule has 0 saturated carbocycles. The molecular weight excluding hydrogens is 1040 g/mol. The van der Waals surface area contributed by atoms with E-state index >= 15 is 0 Å². The predicted molar refractivity (Wildman–Crippen MR) is 278 cm³/mol. The minimum absolute atomic E-state index is 0. The Kier molecular flexibility index (Phi) is 24.9. The summed E-state index contributed by atoms with van der Waals surface area (Å²) in [5.41, 5.74) is 0. The number of carbonyl (C=O) groups excluding carboxylic acids is 2. The molecule has 8 rings (SSSR count). The zero-order valence-corrected chi connectivity index (χ0v) is 42.4. The molecule has 0 unspecified atom stereocenters. The Bertz CT molecular complexity index is 2190. The molecule has 0 saturated heterocycles. The van der Waals surface area contributed by atoms with Gasteiger partial charge in [0.25, 0.3) is 0 Å². The van der Waals surface area contributed by atoms with Gasteiger partial charge >= 0.3 is 29.4 Å². The SMILES string of the molecule is O=C([O-])C(F)(F)F.O=C([O-])C(F)(F)F.[Cu+2].c1ccc(P(CCP(c2ccccc2)c2ccccc2)c2ccccc2)cc1.c1ccc(P(CCP(c2ccccc2)c2ccccc2)c2ccccc2)cc1. The second-order valence-corrected chi connectivity index (χ2v) is 24.2. The van der Waals surface area contributed by atoms with Gasteiger partial charge in [-0.15, -0.1) is 0 Å². The zero-order chi connectivity index (χ0) is 50.2. The molecular formula is C56H48CuF6O4P4. The van der Waals surface area contributed by atoms with Crippen LogP contribution < -0.4 is 52.6 Å². The standard InChI is InChI=1S/2C26H24P2.2C2HF3O2.Cu/c2*1-5-13-23(14-6-1)27(24-15-7-2-8-16-24)21-22-28(25-17-9-3-10-18-25)26-19-11-4-12-20-26;2*3-2(4,5)1(6)7;/h2*1-20H,21-22H2;2*(H,6,7);/q;;;;+2/p-2. The third-order valence-electron chi connectivity index (χ3n) is 10.1. The first kappa shape index (κ1) is 58.1. The van der Waals surface area contributed by atoms with Gasteiger partial charge in [-0.2, -0.15) is 26.3 Å². The van der Waals surface area contributed by atoms with Crippen LogP contribution >= 0.6 is 31.7 Å². The normalized spacial score (nSPS) is 11.0. The van der Waals surface area contributed by atoms with Gasteiger partial charge in [-0.05, 0) is 98.8 Å².